The Balaban J connectivity index is 1.60. The molecule has 1 spiro atoms. The molecule has 2 aliphatic rings. The molecule has 3 rings (SSSR count). The van der Waals surface area contributed by atoms with E-state index in [0.717, 1.165) is 31.3 Å². The number of pyridine rings is 1. The minimum atomic E-state index is -4.47. The summed E-state index contributed by atoms with van der Waals surface area (Å²) in [6.45, 7) is 6.67. The second kappa shape index (κ2) is 6.87. The number of likely N-dealkylation sites (tertiary alicyclic amines) is 1. The maximum Gasteiger partial charge on any atom is 0.420 e. The molecule has 2 fully saturated rings. The highest BCUT2D eigenvalue weighted by atomic mass is 19.4. The second-order valence-corrected chi connectivity index (χ2v) is 8.52. The maximum atomic E-state index is 13.1. The molecule has 150 valence electrons. The first-order valence-electron chi connectivity index (χ1n) is 9.13. The molecule has 0 N–H and O–H groups in total. The number of aromatic nitrogens is 1. The molecule has 0 radical (unpaired) electrons. The molecule has 2 heterocycles. The third kappa shape index (κ3) is 4.65. The van der Waals surface area contributed by atoms with Crippen molar-refractivity contribution in [3.63, 3.8) is 0 Å². The third-order valence-corrected chi connectivity index (χ3v) is 5.02. The van der Waals surface area contributed by atoms with Gasteiger partial charge in [-0.05, 0) is 57.9 Å². The fraction of sp³-hybridized carbons (Fsp3) is 0.684. The van der Waals surface area contributed by atoms with Gasteiger partial charge >= 0.3 is 12.3 Å². The van der Waals surface area contributed by atoms with Crippen LogP contribution >= 0.6 is 0 Å². The van der Waals surface area contributed by atoms with E-state index in [4.69, 9.17) is 9.47 Å². The van der Waals surface area contributed by atoms with E-state index in [0.29, 0.717) is 25.9 Å². The lowest BCUT2D eigenvalue weighted by Gasteiger charge is -2.52. The van der Waals surface area contributed by atoms with E-state index < -0.39 is 17.3 Å². The van der Waals surface area contributed by atoms with Gasteiger partial charge in [0.2, 0.25) is 0 Å². The van der Waals surface area contributed by atoms with Crippen molar-refractivity contribution in [2.24, 2.45) is 5.41 Å². The molecule has 1 aliphatic carbocycles. The molecule has 1 aliphatic heterocycles. The highest BCUT2D eigenvalue weighted by Gasteiger charge is 2.49. The van der Waals surface area contributed by atoms with Crippen LogP contribution in [0, 0.1) is 5.41 Å². The average Bonchev–Trinajstić information content (AvgIpc) is 2.51. The van der Waals surface area contributed by atoms with E-state index >= 15 is 0 Å². The number of hydrogen-bond acceptors (Lipinski definition) is 4. The molecule has 5 nitrogen and oxygen atoms in total. The summed E-state index contributed by atoms with van der Waals surface area (Å²) < 4.78 is 50.3. The Hall–Kier alpha value is -1.99. The molecule has 1 saturated carbocycles. The van der Waals surface area contributed by atoms with Crippen LogP contribution in [0.5, 0.6) is 5.75 Å². The van der Waals surface area contributed by atoms with Gasteiger partial charge < -0.3 is 14.4 Å². The van der Waals surface area contributed by atoms with Gasteiger partial charge in [0.1, 0.15) is 23.0 Å². The molecule has 8 heteroatoms. The predicted octanol–water partition coefficient (Wildman–Crippen LogP) is 4.66. The van der Waals surface area contributed by atoms with Gasteiger partial charge in [-0.1, -0.05) is 0 Å². The predicted molar refractivity (Wildman–Crippen MR) is 92.4 cm³/mol. The lowest BCUT2D eigenvalue weighted by Crippen LogP contribution is -2.55. The highest BCUT2D eigenvalue weighted by molar-refractivity contribution is 5.68. The minimum absolute atomic E-state index is 0.0968. The van der Waals surface area contributed by atoms with Crippen LogP contribution in [0.15, 0.2) is 18.5 Å². The van der Waals surface area contributed by atoms with Gasteiger partial charge in [-0.3, -0.25) is 4.98 Å². The van der Waals surface area contributed by atoms with Crippen molar-refractivity contribution in [3.8, 4) is 5.75 Å². The van der Waals surface area contributed by atoms with Gasteiger partial charge in [0.15, 0.2) is 0 Å². The molecule has 0 bridgehead atoms. The zero-order valence-electron chi connectivity index (χ0n) is 15.8. The van der Waals surface area contributed by atoms with Crippen LogP contribution in [0.3, 0.4) is 0 Å². The Morgan fingerprint density at radius 2 is 2.00 bits per heavy atom. The number of piperidine rings is 1. The van der Waals surface area contributed by atoms with Crippen molar-refractivity contribution in [3.05, 3.63) is 24.0 Å². The number of rotatable bonds is 2. The van der Waals surface area contributed by atoms with Crippen LogP contribution in [-0.2, 0) is 10.9 Å². The molecule has 0 aromatic carbocycles. The van der Waals surface area contributed by atoms with Gasteiger partial charge in [0.25, 0.3) is 0 Å². The monoisotopic (exact) mass is 386 g/mol. The van der Waals surface area contributed by atoms with E-state index in [1.54, 1.807) is 4.90 Å². The third-order valence-electron chi connectivity index (χ3n) is 5.02. The van der Waals surface area contributed by atoms with Crippen molar-refractivity contribution in [2.75, 3.05) is 13.1 Å². The number of halogens is 3. The zero-order chi connectivity index (χ0) is 19.9. The maximum absolute atomic E-state index is 13.1. The van der Waals surface area contributed by atoms with Crippen LogP contribution in [0.2, 0.25) is 0 Å². The zero-order valence-corrected chi connectivity index (χ0v) is 15.8. The Kier molecular flexibility index (Phi) is 5.03. The fourth-order valence-electron chi connectivity index (χ4n) is 3.90. The molecule has 1 aromatic heterocycles. The molecule has 1 aromatic rings. The molecule has 1 saturated heterocycles. The number of carbonyl (C=O) groups excluding carboxylic acids is 1. The Morgan fingerprint density at radius 3 is 2.63 bits per heavy atom. The standard InChI is InChI=1S/C19H25F3N2O3/c1-17(2,3)27-16(25)24-8-4-6-18(12-24)9-13(10-18)26-15-11-23-7-5-14(15)19(20,21)22/h5,7,11,13H,4,6,8-10,12H2,1-3H3. The van der Waals surface area contributed by atoms with Crippen LogP contribution in [0.4, 0.5) is 18.0 Å². The molecular weight excluding hydrogens is 361 g/mol. The second-order valence-electron chi connectivity index (χ2n) is 8.52. The van der Waals surface area contributed by atoms with Crippen molar-refractivity contribution in [2.45, 2.75) is 64.3 Å². The van der Waals surface area contributed by atoms with E-state index in [9.17, 15) is 18.0 Å². The smallest absolute Gasteiger partial charge is 0.420 e. The van der Waals surface area contributed by atoms with Gasteiger partial charge in [-0.2, -0.15) is 13.2 Å². The Morgan fingerprint density at radius 1 is 1.30 bits per heavy atom. The molecule has 0 unspecified atom stereocenters. The SMILES string of the molecule is CC(C)(C)OC(=O)N1CCCC2(CC(Oc3cnccc3C(F)(F)F)C2)C1. The van der Waals surface area contributed by atoms with E-state index in [-0.39, 0.29) is 23.4 Å². The first kappa shape index (κ1) is 19.8. The number of ether oxygens (including phenoxy) is 2. The van der Waals surface area contributed by atoms with Crippen molar-refractivity contribution >= 4 is 6.09 Å². The molecular formula is C19H25F3N2O3. The summed E-state index contributed by atoms with van der Waals surface area (Å²) in [7, 11) is 0. The van der Waals surface area contributed by atoms with Crippen molar-refractivity contribution < 1.29 is 27.4 Å². The van der Waals surface area contributed by atoms with Gasteiger partial charge in [-0.25, -0.2) is 4.79 Å². The quantitative estimate of drug-likeness (QED) is 0.742. The van der Waals surface area contributed by atoms with Gasteiger partial charge in [-0.15, -0.1) is 0 Å². The highest BCUT2D eigenvalue weighted by Crippen LogP contribution is 2.50. The summed E-state index contributed by atoms with van der Waals surface area (Å²) >= 11 is 0. The van der Waals surface area contributed by atoms with Crippen LogP contribution < -0.4 is 4.74 Å². The van der Waals surface area contributed by atoms with E-state index in [2.05, 4.69) is 4.98 Å². The van der Waals surface area contributed by atoms with Gasteiger partial charge in [0, 0.05) is 19.3 Å². The lowest BCUT2D eigenvalue weighted by atomic mass is 9.62. The lowest BCUT2D eigenvalue weighted by molar-refractivity contribution is -0.140. The fourth-order valence-corrected chi connectivity index (χ4v) is 3.90. The number of amides is 1. The molecule has 27 heavy (non-hydrogen) atoms. The molecule has 0 atom stereocenters. The minimum Gasteiger partial charge on any atom is -0.488 e. The van der Waals surface area contributed by atoms with E-state index in [1.165, 1.54) is 0 Å². The summed E-state index contributed by atoms with van der Waals surface area (Å²) in [5.41, 5.74) is -1.46. The summed E-state index contributed by atoms with van der Waals surface area (Å²) in [4.78, 5) is 17.8. The number of nitrogens with zero attached hydrogens (tertiary/aromatic N) is 2. The van der Waals surface area contributed by atoms with Crippen molar-refractivity contribution in [1.82, 2.24) is 9.88 Å². The number of hydrogen-bond donors (Lipinski definition) is 0. The average molecular weight is 386 g/mol. The van der Waals surface area contributed by atoms with E-state index in [1.807, 2.05) is 20.8 Å². The molecule has 1 amide bonds. The Labute approximate surface area is 156 Å². The normalized spacial score (nSPS) is 25.9. The topological polar surface area (TPSA) is 51.7 Å². The summed E-state index contributed by atoms with van der Waals surface area (Å²) in [5, 5.41) is 0. The summed E-state index contributed by atoms with van der Waals surface area (Å²) in [6, 6.07) is 0.925. The number of alkyl halides is 3. The van der Waals surface area contributed by atoms with Crippen LogP contribution in [-0.4, -0.2) is 40.8 Å². The Bertz CT molecular complexity index is 694. The summed E-state index contributed by atoms with van der Waals surface area (Å²) in [5.74, 6) is -0.232. The van der Waals surface area contributed by atoms with Gasteiger partial charge in [0.05, 0.1) is 6.20 Å². The summed E-state index contributed by atoms with van der Waals surface area (Å²) in [6.07, 6.45) is 0.151. The van der Waals surface area contributed by atoms with Crippen molar-refractivity contribution in [1.29, 1.82) is 0 Å². The largest absolute Gasteiger partial charge is 0.488 e. The first-order valence-corrected chi connectivity index (χ1v) is 9.13. The van der Waals surface area contributed by atoms with Crippen LogP contribution in [0.25, 0.3) is 0 Å². The number of carbonyl (C=O) groups is 1. The first-order chi connectivity index (χ1) is 12.5. The van der Waals surface area contributed by atoms with Crippen LogP contribution in [0.1, 0.15) is 52.0 Å².